The summed E-state index contributed by atoms with van der Waals surface area (Å²) < 4.78 is 6.06. The summed E-state index contributed by atoms with van der Waals surface area (Å²) in [6.07, 6.45) is 4.76. The Balaban J connectivity index is 2.01. The lowest BCUT2D eigenvalue weighted by atomic mass is 9.79. The van der Waals surface area contributed by atoms with Gasteiger partial charge in [-0.2, -0.15) is 0 Å². The first kappa shape index (κ1) is 20.5. The molecule has 2 aromatic rings. The zero-order chi connectivity index (χ0) is 18.9. The smallest absolute Gasteiger partial charge is 0.488 e. The summed E-state index contributed by atoms with van der Waals surface area (Å²) in [5.41, 5.74) is 2.48. The molecule has 140 valence electrons. The third kappa shape index (κ3) is 6.51. The molecule has 0 aliphatic carbocycles. The molecule has 2 N–H and O–H groups in total. The second kappa shape index (κ2) is 10.4. The topological polar surface area (TPSA) is 49.7 Å². The zero-order valence-corrected chi connectivity index (χ0v) is 16.2. The van der Waals surface area contributed by atoms with Gasteiger partial charge in [-0.05, 0) is 35.3 Å². The van der Waals surface area contributed by atoms with Gasteiger partial charge in [0.05, 0.1) is 6.61 Å². The van der Waals surface area contributed by atoms with Crippen LogP contribution in [0.25, 0.3) is 11.1 Å². The van der Waals surface area contributed by atoms with Crippen LogP contribution in [0, 0.1) is 11.8 Å². The minimum atomic E-state index is -1.49. The van der Waals surface area contributed by atoms with Crippen LogP contribution in [-0.2, 0) is 0 Å². The fourth-order valence-corrected chi connectivity index (χ4v) is 3.06. The molecule has 0 aromatic heterocycles. The second-order valence-electron chi connectivity index (χ2n) is 7.56. The van der Waals surface area contributed by atoms with Gasteiger partial charge in [0.25, 0.3) is 0 Å². The first-order valence-corrected chi connectivity index (χ1v) is 9.65. The minimum Gasteiger partial charge on any atom is -0.493 e. The summed E-state index contributed by atoms with van der Waals surface area (Å²) in [7, 11) is -1.49. The normalized spacial score (nSPS) is 12.2. The van der Waals surface area contributed by atoms with E-state index in [1.807, 2.05) is 36.4 Å². The van der Waals surface area contributed by atoms with Crippen molar-refractivity contribution >= 4 is 12.6 Å². The van der Waals surface area contributed by atoms with Gasteiger partial charge < -0.3 is 14.8 Å². The van der Waals surface area contributed by atoms with Crippen LogP contribution in [-0.4, -0.2) is 23.8 Å². The van der Waals surface area contributed by atoms with Crippen molar-refractivity contribution in [3.63, 3.8) is 0 Å². The van der Waals surface area contributed by atoms with E-state index >= 15 is 0 Å². The molecule has 2 aromatic carbocycles. The van der Waals surface area contributed by atoms with Crippen LogP contribution in [0.5, 0.6) is 5.75 Å². The standard InChI is InChI=1S/C22H31BO3/c1-17(2)8-7-9-18(3)14-15-26-22-16-20(23(24)25)12-13-21(22)19-10-5-4-6-11-19/h4-6,10-13,16-18,24-25H,7-9,14-15H2,1-3H3. The number of hydrogen-bond donors (Lipinski definition) is 2. The first-order chi connectivity index (χ1) is 12.5. The molecule has 1 atom stereocenters. The van der Waals surface area contributed by atoms with E-state index < -0.39 is 7.12 Å². The molecule has 0 heterocycles. The molecule has 2 rings (SSSR count). The molecule has 0 amide bonds. The van der Waals surface area contributed by atoms with E-state index in [2.05, 4.69) is 20.8 Å². The van der Waals surface area contributed by atoms with Gasteiger partial charge in [-0.15, -0.1) is 0 Å². The quantitative estimate of drug-likeness (QED) is 0.627. The van der Waals surface area contributed by atoms with Crippen molar-refractivity contribution in [3.8, 4) is 16.9 Å². The van der Waals surface area contributed by atoms with Crippen molar-refractivity contribution in [3.05, 3.63) is 48.5 Å². The highest BCUT2D eigenvalue weighted by Crippen LogP contribution is 2.29. The van der Waals surface area contributed by atoms with Crippen LogP contribution in [0.4, 0.5) is 0 Å². The lowest BCUT2D eigenvalue weighted by molar-refractivity contribution is 0.276. The number of hydrogen-bond acceptors (Lipinski definition) is 3. The highest BCUT2D eigenvalue weighted by molar-refractivity contribution is 6.58. The minimum absolute atomic E-state index is 0.449. The summed E-state index contributed by atoms with van der Waals surface area (Å²) in [4.78, 5) is 0. The van der Waals surface area contributed by atoms with Crippen molar-refractivity contribution in [2.75, 3.05) is 6.61 Å². The summed E-state index contributed by atoms with van der Waals surface area (Å²) >= 11 is 0. The summed E-state index contributed by atoms with van der Waals surface area (Å²) in [6, 6.07) is 15.4. The predicted octanol–water partition coefficient (Wildman–Crippen LogP) is 4.26. The number of benzene rings is 2. The van der Waals surface area contributed by atoms with Crippen LogP contribution < -0.4 is 10.2 Å². The van der Waals surface area contributed by atoms with Gasteiger partial charge in [-0.1, -0.05) is 82.5 Å². The first-order valence-electron chi connectivity index (χ1n) is 9.65. The van der Waals surface area contributed by atoms with Crippen molar-refractivity contribution in [2.24, 2.45) is 11.8 Å². The van der Waals surface area contributed by atoms with Crippen LogP contribution in [0.15, 0.2) is 48.5 Å². The highest BCUT2D eigenvalue weighted by Gasteiger charge is 2.15. The van der Waals surface area contributed by atoms with E-state index in [0.717, 1.165) is 23.5 Å². The second-order valence-corrected chi connectivity index (χ2v) is 7.56. The third-order valence-corrected chi connectivity index (χ3v) is 4.74. The van der Waals surface area contributed by atoms with Gasteiger partial charge in [0.1, 0.15) is 5.75 Å². The number of ether oxygens (including phenoxy) is 1. The van der Waals surface area contributed by atoms with Gasteiger partial charge in [-0.25, -0.2) is 0 Å². The maximum Gasteiger partial charge on any atom is 0.488 e. The Labute approximate surface area is 158 Å². The van der Waals surface area contributed by atoms with E-state index in [9.17, 15) is 10.0 Å². The predicted molar refractivity (Wildman–Crippen MR) is 110 cm³/mol. The van der Waals surface area contributed by atoms with Gasteiger partial charge in [0.15, 0.2) is 0 Å². The van der Waals surface area contributed by atoms with E-state index in [1.165, 1.54) is 19.3 Å². The highest BCUT2D eigenvalue weighted by atomic mass is 16.5. The van der Waals surface area contributed by atoms with E-state index in [0.29, 0.717) is 23.7 Å². The summed E-state index contributed by atoms with van der Waals surface area (Å²) in [6.45, 7) is 7.44. The Hall–Kier alpha value is -1.78. The Kier molecular flexibility index (Phi) is 8.21. The molecule has 0 aliphatic heterocycles. The molecule has 0 saturated heterocycles. The van der Waals surface area contributed by atoms with Crippen molar-refractivity contribution in [2.45, 2.75) is 46.5 Å². The summed E-state index contributed by atoms with van der Waals surface area (Å²) in [5.74, 6) is 2.09. The Morgan fingerprint density at radius 2 is 1.65 bits per heavy atom. The van der Waals surface area contributed by atoms with Crippen molar-refractivity contribution < 1.29 is 14.8 Å². The SMILES string of the molecule is CC(C)CCCC(C)CCOc1cc(B(O)O)ccc1-c1ccccc1. The molecule has 4 heteroatoms. The Bertz CT molecular complexity index is 656. The lowest BCUT2D eigenvalue weighted by Gasteiger charge is -2.16. The third-order valence-electron chi connectivity index (χ3n) is 4.74. The summed E-state index contributed by atoms with van der Waals surface area (Å²) in [5, 5.41) is 18.9. The molecule has 26 heavy (non-hydrogen) atoms. The zero-order valence-electron chi connectivity index (χ0n) is 16.2. The molecular weight excluding hydrogens is 323 g/mol. The van der Waals surface area contributed by atoms with Crippen molar-refractivity contribution in [1.82, 2.24) is 0 Å². The van der Waals surface area contributed by atoms with E-state index in [-0.39, 0.29) is 0 Å². The average molecular weight is 354 g/mol. The molecule has 0 spiro atoms. The largest absolute Gasteiger partial charge is 0.493 e. The average Bonchev–Trinajstić information content (AvgIpc) is 2.62. The van der Waals surface area contributed by atoms with E-state index in [1.54, 1.807) is 12.1 Å². The van der Waals surface area contributed by atoms with Gasteiger partial charge in [-0.3, -0.25) is 0 Å². The lowest BCUT2D eigenvalue weighted by Crippen LogP contribution is -2.29. The monoisotopic (exact) mass is 354 g/mol. The maximum atomic E-state index is 9.47. The molecule has 0 radical (unpaired) electrons. The van der Waals surface area contributed by atoms with Crippen LogP contribution in [0.3, 0.4) is 0 Å². The molecule has 0 aliphatic rings. The van der Waals surface area contributed by atoms with Crippen LogP contribution >= 0.6 is 0 Å². The van der Waals surface area contributed by atoms with Gasteiger partial charge >= 0.3 is 7.12 Å². The fraction of sp³-hybridized carbons (Fsp3) is 0.455. The molecule has 0 bridgehead atoms. The molecular formula is C22H31BO3. The molecule has 3 nitrogen and oxygen atoms in total. The molecule has 0 saturated carbocycles. The fourth-order valence-electron chi connectivity index (χ4n) is 3.06. The Morgan fingerprint density at radius 3 is 2.31 bits per heavy atom. The van der Waals surface area contributed by atoms with Gasteiger partial charge in [0.2, 0.25) is 0 Å². The maximum absolute atomic E-state index is 9.47. The molecule has 1 unspecified atom stereocenters. The van der Waals surface area contributed by atoms with E-state index in [4.69, 9.17) is 4.74 Å². The number of rotatable bonds is 10. The van der Waals surface area contributed by atoms with Crippen LogP contribution in [0.1, 0.15) is 46.5 Å². The van der Waals surface area contributed by atoms with Gasteiger partial charge in [0, 0.05) is 5.56 Å². The van der Waals surface area contributed by atoms with Crippen LogP contribution in [0.2, 0.25) is 0 Å². The Morgan fingerprint density at radius 1 is 0.923 bits per heavy atom. The van der Waals surface area contributed by atoms with Crippen molar-refractivity contribution in [1.29, 1.82) is 0 Å². The molecule has 0 fully saturated rings.